The number of rotatable bonds is 5. The van der Waals surface area contributed by atoms with E-state index in [1.54, 1.807) is 24.3 Å². The predicted octanol–water partition coefficient (Wildman–Crippen LogP) is -1.68. The van der Waals surface area contributed by atoms with Gasteiger partial charge in [0.1, 0.15) is 0 Å². The number of hydrogen-bond acceptors (Lipinski definition) is 5. The standard InChI is InChI=1S/C11H13NO4/c12-9-3-1-7(2-4-9)5-8(11(15)16)6-10(13)14/h1-4,8H,5-6,12H2,(H,13,14)(H,15,16)/p-2/t8-/m1/s1. The van der Waals surface area contributed by atoms with Crippen LogP contribution in [0.5, 0.6) is 0 Å². The summed E-state index contributed by atoms with van der Waals surface area (Å²) >= 11 is 0. The lowest BCUT2D eigenvalue weighted by Gasteiger charge is -2.18. The van der Waals surface area contributed by atoms with Gasteiger partial charge in [-0.1, -0.05) is 12.1 Å². The largest absolute Gasteiger partial charge is 0.550 e. The van der Waals surface area contributed by atoms with Crippen LogP contribution in [-0.4, -0.2) is 11.9 Å². The van der Waals surface area contributed by atoms with Gasteiger partial charge in [-0.3, -0.25) is 0 Å². The number of nitrogens with two attached hydrogens (primary N) is 1. The molecule has 0 aliphatic heterocycles. The van der Waals surface area contributed by atoms with Gasteiger partial charge in [0, 0.05) is 23.5 Å². The van der Waals surface area contributed by atoms with E-state index in [0.717, 1.165) is 0 Å². The van der Waals surface area contributed by atoms with Crippen LogP contribution < -0.4 is 15.9 Å². The van der Waals surface area contributed by atoms with Crippen LogP contribution in [0.2, 0.25) is 0 Å². The SMILES string of the molecule is Nc1ccc(C[C@H](CC(=O)[O-])C(=O)[O-])cc1. The molecule has 2 N–H and O–H groups in total. The van der Waals surface area contributed by atoms with E-state index in [9.17, 15) is 19.8 Å². The zero-order valence-electron chi connectivity index (χ0n) is 8.51. The van der Waals surface area contributed by atoms with Crippen molar-refractivity contribution in [2.24, 2.45) is 5.92 Å². The van der Waals surface area contributed by atoms with Gasteiger partial charge in [-0.25, -0.2) is 0 Å². The van der Waals surface area contributed by atoms with Crippen molar-refractivity contribution in [1.82, 2.24) is 0 Å². The summed E-state index contributed by atoms with van der Waals surface area (Å²) in [6, 6.07) is 6.56. The third kappa shape index (κ3) is 3.61. The second-order valence-corrected chi connectivity index (χ2v) is 3.54. The lowest BCUT2D eigenvalue weighted by molar-refractivity contribution is -0.320. The minimum absolute atomic E-state index is 0.0938. The molecule has 0 fully saturated rings. The van der Waals surface area contributed by atoms with Crippen molar-refractivity contribution >= 4 is 17.6 Å². The molecule has 0 aromatic heterocycles. The van der Waals surface area contributed by atoms with Crippen molar-refractivity contribution in [2.75, 3.05) is 5.73 Å². The maximum atomic E-state index is 10.7. The van der Waals surface area contributed by atoms with E-state index in [-0.39, 0.29) is 6.42 Å². The summed E-state index contributed by atoms with van der Waals surface area (Å²) < 4.78 is 0. The maximum absolute atomic E-state index is 10.7. The van der Waals surface area contributed by atoms with Gasteiger partial charge in [-0.05, 0) is 30.5 Å². The van der Waals surface area contributed by atoms with Crippen molar-refractivity contribution in [3.63, 3.8) is 0 Å². The third-order valence-corrected chi connectivity index (χ3v) is 2.21. The minimum Gasteiger partial charge on any atom is -0.550 e. The van der Waals surface area contributed by atoms with Crippen LogP contribution in [0.3, 0.4) is 0 Å². The highest BCUT2D eigenvalue weighted by Gasteiger charge is 2.11. The summed E-state index contributed by atoms with van der Waals surface area (Å²) in [5.74, 6) is -3.86. The van der Waals surface area contributed by atoms with Crippen LogP contribution in [-0.2, 0) is 16.0 Å². The van der Waals surface area contributed by atoms with E-state index in [1.807, 2.05) is 0 Å². The number of carbonyl (C=O) groups is 2. The average Bonchev–Trinajstić information content (AvgIpc) is 2.19. The molecule has 0 unspecified atom stereocenters. The first-order chi connectivity index (χ1) is 7.49. The molecule has 1 rings (SSSR count). The van der Waals surface area contributed by atoms with Crippen molar-refractivity contribution in [2.45, 2.75) is 12.8 Å². The van der Waals surface area contributed by atoms with Gasteiger partial charge in [-0.2, -0.15) is 0 Å². The van der Waals surface area contributed by atoms with Crippen molar-refractivity contribution in [1.29, 1.82) is 0 Å². The van der Waals surface area contributed by atoms with Crippen LogP contribution in [0.25, 0.3) is 0 Å². The Morgan fingerprint density at radius 3 is 2.19 bits per heavy atom. The van der Waals surface area contributed by atoms with E-state index >= 15 is 0 Å². The van der Waals surface area contributed by atoms with Gasteiger partial charge in [0.15, 0.2) is 0 Å². The predicted molar refractivity (Wildman–Crippen MR) is 52.7 cm³/mol. The highest BCUT2D eigenvalue weighted by Crippen LogP contribution is 2.13. The fraction of sp³-hybridized carbons (Fsp3) is 0.273. The van der Waals surface area contributed by atoms with Crippen molar-refractivity contribution in [3.8, 4) is 0 Å². The van der Waals surface area contributed by atoms with E-state index in [2.05, 4.69) is 0 Å². The number of anilines is 1. The normalized spacial score (nSPS) is 12.0. The summed E-state index contributed by atoms with van der Waals surface area (Å²) in [4.78, 5) is 21.0. The molecule has 1 aromatic carbocycles. The summed E-state index contributed by atoms with van der Waals surface area (Å²) in [7, 11) is 0. The number of nitrogen functional groups attached to an aromatic ring is 1. The van der Waals surface area contributed by atoms with Crippen LogP contribution in [0.4, 0.5) is 5.69 Å². The number of benzene rings is 1. The maximum Gasteiger partial charge on any atom is 0.0452 e. The van der Waals surface area contributed by atoms with Gasteiger partial charge >= 0.3 is 0 Å². The summed E-state index contributed by atoms with van der Waals surface area (Å²) in [5, 5.41) is 21.0. The first kappa shape index (κ1) is 12.0. The number of hydrogen-bond donors (Lipinski definition) is 1. The Morgan fingerprint density at radius 2 is 1.75 bits per heavy atom. The number of carbonyl (C=O) groups excluding carboxylic acids is 2. The molecule has 0 aliphatic carbocycles. The molecule has 5 nitrogen and oxygen atoms in total. The van der Waals surface area contributed by atoms with Crippen molar-refractivity contribution < 1.29 is 19.8 Å². The molecule has 0 aliphatic rings. The molecule has 0 saturated heterocycles. The van der Waals surface area contributed by atoms with Gasteiger partial charge in [0.25, 0.3) is 0 Å². The molecular formula is C11H11NO4-2. The summed E-state index contributed by atoms with van der Waals surface area (Å²) in [6.45, 7) is 0. The summed E-state index contributed by atoms with van der Waals surface area (Å²) in [6.07, 6.45) is -0.455. The van der Waals surface area contributed by atoms with Crippen molar-refractivity contribution in [3.05, 3.63) is 29.8 Å². The Kier molecular flexibility index (Phi) is 3.88. The number of carboxylic acid groups (broad SMARTS) is 2. The van der Waals surface area contributed by atoms with E-state index in [1.165, 1.54) is 0 Å². The Labute approximate surface area is 92.5 Å². The van der Waals surface area contributed by atoms with Gasteiger partial charge < -0.3 is 25.5 Å². The molecule has 0 heterocycles. The fourth-order valence-corrected chi connectivity index (χ4v) is 1.38. The van der Waals surface area contributed by atoms with E-state index < -0.39 is 24.3 Å². The second-order valence-electron chi connectivity index (χ2n) is 3.54. The molecule has 1 aromatic rings. The molecule has 0 amide bonds. The van der Waals surface area contributed by atoms with Crippen LogP contribution in [0.1, 0.15) is 12.0 Å². The van der Waals surface area contributed by atoms with Crippen LogP contribution >= 0.6 is 0 Å². The minimum atomic E-state index is -1.40. The van der Waals surface area contributed by atoms with Crippen LogP contribution in [0.15, 0.2) is 24.3 Å². The highest BCUT2D eigenvalue weighted by atomic mass is 16.4. The summed E-state index contributed by atoms with van der Waals surface area (Å²) in [5.41, 5.74) is 6.73. The van der Waals surface area contributed by atoms with Crippen LogP contribution in [0, 0.1) is 5.92 Å². The Bertz CT molecular complexity index is 385. The Balaban J connectivity index is 2.71. The third-order valence-electron chi connectivity index (χ3n) is 2.21. The van der Waals surface area contributed by atoms with Gasteiger partial charge in [-0.15, -0.1) is 0 Å². The molecule has 16 heavy (non-hydrogen) atoms. The lowest BCUT2D eigenvalue weighted by Crippen LogP contribution is -2.37. The molecule has 0 saturated carbocycles. The molecule has 1 atom stereocenters. The Hall–Kier alpha value is -2.04. The number of carboxylic acids is 2. The average molecular weight is 221 g/mol. The fourth-order valence-electron chi connectivity index (χ4n) is 1.38. The first-order valence-electron chi connectivity index (χ1n) is 4.74. The van der Waals surface area contributed by atoms with Gasteiger partial charge in [0.05, 0.1) is 0 Å². The second kappa shape index (κ2) is 5.16. The molecule has 0 radical (unpaired) electrons. The Morgan fingerprint density at radius 1 is 1.19 bits per heavy atom. The molecule has 86 valence electrons. The zero-order chi connectivity index (χ0) is 12.1. The smallest absolute Gasteiger partial charge is 0.0452 e. The highest BCUT2D eigenvalue weighted by molar-refractivity contribution is 5.75. The molecule has 0 bridgehead atoms. The lowest BCUT2D eigenvalue weighted by atomic mass is 9.96. The topological polar surface area (TPSA) is 106 Å². The van der Waals surface area contributed by atoms with E-state index in [0.29, 0.717) is 11.3 Å². The monoisotopic (exact) mass is 221 g/mol. The molecule has 5 heteroatoms. The zero-order valence-corrected chi connectivity index (χ0v) is 8.51. The molecular weight excluding hydrogens is 210 g/mol. The first-order valence-corrected chi connectivity index (χ1v) is 4.74. The number of aliphatic carboxylic acids is 2. The van der Waals surface area contributed by atoms with Gasteiger partial charge in [0.2, 0.25) is 0 Å². The van der Waals surface area contributed by atoms with E-state index in [4.69, 9.17) is 5.73 Å². The molecule has 0 spiro atoms. The quantitative estimate of drug-likeness (QED) is 0.597.